The minimum atomic E-state index is -0.777. The Morgan fingerprint density at radius 3 is 2.28 bits per heavy atom. The van der Waals surface area contributed by atoms with Crippen LogP contribution in [0.3, 0.4) is 0 Å². The molecule has 0 spiro atoms. The van der Waals surface area contributed by atoms with Crippen LogP contribution in [-0.4, -0.2) is 49.1 Å². The highest BCUT2D eigenvalue weighted by atomic mass is 32.1. The molecule has 39 heavy (non-hydrogen) atoms. The van der Waals surface area contributed by atoms with Crippen molar-refractivity contribution >= 4 is 28.8 Å². The van der Waals surface area contributed by atoms with Crippen LogP contribution in [0.15, 0.2) is 78.2 Å². The maximum atomic E-state index is 13.5. The Labute approximate surface area is 232 Å². The Kier molecular flexibility index (Phi) is 9.17. The second kappa shape index (κ2) is 12.9. The van der Waals surface area contributed by atoms with Gasteiger partial charge in [0.2, 0.25) is 11.8 Å². The molecule has 2 amide bonds. The minimum Gasteiger partial charge on any atom is -0.497 e. The number of rotatable bonds is 11. The standard InChI is InChI=1S/C30H31N3O5S/c1-20(30(35)32-25-15-14-24(37-3)17-27(25)38-4)33(29(34)16-21-8-6-5-7-9-21)18-28-31-26(19-39-28)22-10-12-23(36-2)13-11-22/h5-15,17,19-20H,16,18H2,1-4H3,(H,32,35). The summed E-state index contributed by atoms with van der Waals surface area (Å²) in [6.45, 7) is 1.91. The lowest BCUT2D eigenvalue weighted by Gasteiger charge is -2.28. The molecular formula is C30H31N3O5S. The predicted octanol–water partition coefficient (Wildman–Crippen LogP) is 5.43. The summed E-state index contributed by atoms with van der Waals surface area (Å²) in [5.74, 6) is 1.31. The molecule has 8 nitrogen and oxygen atoms in total. The third kappa shape index (κ3) is 6.94. The molecule has 0 saturated heterocycles. The number of hydrogen-bond acceptors (Lipinski definition) is 7. The van der Waals surface area contributed by atoms with E-state index in [1.807, 2.05) is 60.0 Å². The van der Waals surface area contributed by atoms with Gasteiger partial charge >= 0.3 is 0 Å². The summed E-state index contributed by atoms with van der Waals surface area (Å²) >= 11 is 1.45. The van der Waals surface area contributed by atoms with E-state index in [0.29, 0.717) is 17.2 Å². The predicted molar refractivity (Wildman–Crippen MR) is 152 cm³/mol. The van der Waals surface area contributed by atoms with Crippen LogP contribution in [0.2, 0.25) is 0 Å². The molecule has 1 aromatic heterocycles. The van der Waals surface area contributed by atoms with Crippen LogP contribution in [0, 0.1) is 0 Å². The van der Waals surface area contributed by atoms with Crippen LogP contribution in [0.1, 0.15) is 17.5 Å². The molecule has 0 aliphatic rings. The minimum absolute atomic E-state index is 0.168. The zero-order valence-electron chi connectivity index (χ0n) is 22.3. The monoisotopic (exact) mass is 545 g/mol. The maximum absolute atomic E-state index is 13.5. The molecular weight excluding hydrogens is 514 g/mol. The zero-order chi connectivity index (χ0) is 27.8. The summed E-state index contributed by atoms with van der Waals surface area (Å²) in [5, 5.41) is 5.57. The highest BCUT2D eigenvalue weighted by Crippen LogP contribution is 2.30. The molecule has 202 valence electrons. The molecule has 0 saturated carbocycles. The Morgan fingerprint density at radius 1 is 0.923 bits per heavy atom. The van der Waals surface area contributed by atoms with Gasteiger partial charge in [0.25, 0.3) is 0 Å². The van der Waals surface area contributed by atoms with Gasteiger partial charge in [0.1, 0.15) is 28.3 Å². The van der Waals surface area contributed by atoms with Gasteiger partial charge in [-0.2, -0.15) is 0 Å². The van der Waals surface area contributed by atoms with E-state index < -0.39 is 6.04 Å². The van der Waals surface area contributed by atoms with Crippen molar-refractivity contribution in [1.29, 1.82) is 0 Å². The fraction of sp³-hybridized carbons (Fsp3) is 0.233. The van der Waals surface area contributed by atoms with Gasteiger partial charge in [-0.1, -0.05) is 30.3 Å². The first kappa shape index (κ1) is 27.7. The number of thiazole rings is 1. The first-order valence-electron chi connectivity index (χ1n) is 12.4. The molecule has 0 radical (unpaired) electrons. The van der Waals surface area contributed by atoms with E-state index in [-0.39, 0.29) is 24.8 Å². The van der Waals surface area contributed by atoms with Gasteiger partial charge in [-0.05, 0) is 48.9 Å². The second-order valence-electron chi connectivity index (χ2n) is 8.77. The summed E-state index contributed by atoms with van der Waals surface area (Å²) in [4.78, 5) is 33.2. The van der Waals surface area contributed by atoms with Crippen molar-refractivity contribution in [2.75, 3.05) is 26.6 Å². The summed E-state index contributed by atoms with van der Waals surface area (Å²) in [7, 11) is 4.70. The van der Waals surface area contributed by atoms with Gasteiger partial charge in [-0.15, -0.1) is 11.3 Å². The van der Waals surface area contributed by atoms with E-state index in [0.717, 1.165) is 27.6 Å². The third-order valence-electron chi connectivity index (χ3n) is 6.28. The van der Waals surface area contributed by atoms with Gasteiger partial charge in [-0.25, -0.2) is 4.98 Å². The Hall–Kier alpha value is -4.37. The SMILES string of the molecule is COc1ccc(-c2csc(CN(C(=O)Cc3ccccc3)C(C)C(=O)Nc3ccc(OC)cc3OC)n2)cc1. The van der Waals surface area contributed by atoms with Crippen LogP contribution >= 0.6 is 11.3 Å². The van der Waals surface area contributed by atoms with Gasteiger partial charge in [0.05, 0.1) is 45.7 Å². The smallest absolute Gasteiger partial charge is 0.247 e. The summed E-state index contributed by atoms with van der Waals surface area (Å²) in [6, 6.07) is 21.5. The number of ether oxygens (including phenoxy) is 3. The second-order valence-corrected chi connectivity index (χ2v) is 9.71. The normalized spacial score (nSPS) is 11.4. The molecule has 4 aromatic rings. The van der Waals surface area contributed by atoms with Crippen LogP contribution in [0.4, 0.5) is 5.69 Å². The molecule has 1 N–H and O–H groups in total. The van der Waals surface area contributed by atoms with E-state index in [9.17, 15) is 9.59 Å². The fourth-order valence-corrected chi connectivity index (χ4v) is 4.82. The number of nitrogens with one attached hydrogen (secondary N) is 1. The van der Waals surface area contributed by atoms with Crippen molar-refractivity contribution in [2.45, 2.75) is 25.9 Å². The molecule has 1 unspecified atom stereocenters. The molecule has 0 aliphatic heterocycles. The van der Waals surface area contributed by atoms with Crippen LogP contribution in [0.5, 0.6) is 17.2 Å². The quantitative estimate of drug-likeness (QED) is 0.270. The van der Waals surface area contributed by atoms with E-state index in [2.05, 4.69) is 5.32 Å². The number of hydrogen-bond donors (Lipinski definition) is 1. The molecule has 0 aliphatic carbocycles. The van der Waals surface area contributed by atoms with Crippen LogP contribution < -0.4 is 19.5 Å². The first-order chi connectivity index (χ1) is 18.9. The van der Waals surface area contributed by atoms with Crippen molar-refractivity contribution in [3.63, 3.8) is 0 Å². The average Bonchev–Trinajstić information content (AvgIpc) is 3.45. The van der Waals surface area contributed by atoms with Crippen molar-refractivity contribution < 1.29 is 23.8 Å². The number of methoxy groups -OCH3 is 3. The highest BCUT2D eigenvalue weighted by molar-refractivity contribution is 7.09. The van der Waals surface area contributed by atoms with Gasteiger partial charge in [-0.3, -0.25) is 9.59 Å². The van der Waals surface area contributed by atoms with Gasteiger partial charge in [0.15, 0.2) is 0 Å². The molecule has 4 rings (SSSR count). The average molecular weight is 546 g/mol. The summed E-state index contributed by atoms with van der Waals surface area (Å²) in [5.41, 5.74) is 3.10. The molecule has 0 fully saturated rings. The van der Waals surface area contributed by atoms with Gasteiger partial charge in [0, 0.05) is 17.0 Å². The third-order valence-corrected chi connectivity index (χ3v) is 7.11. The number of benzene rings is 3. The number of amides is 2. The van der Waals surface area contributed by atoms with E-state index in [4.69, 9.17) is 19.2 Å². The van der Waals surface area contributed by atoms with E-state index in [1.165, 1.54) is 18.4 Å². The number of aromatic nitrogens is 1. The largest absolute Gasteiger partial charge is 0.497 e. The molecule has 1 atom stereocenters. The van der Waals surface area contributed by atoms with Crippen LogP contribution in [-0.2, 0) is 22.6 Å². The fourth-order valence-electron chi connectivity index (χ4n) is 4.02. The van der Waals surface area contributed by atoms with Crippen molar-refractivity contribution in [3.05, 3.63) is 88.7 Å². The maximum Gasteiger partial charge on any atom is 0.247 e. The Morgan fingerprint density at radius 2 is 1.62 bits per heavy atom. The molecule has 9 heteroatoms. The zero-order valence-corrected chi connectivity index (χ0v) is 23.2. The lowest BCUT2D eigenvalue weighted by molar-refractivity contribution is -0.138. The number of anilines is 1. The van der Waals surface area contributed by atoms with Crippen LogP contribution in [0.25, 0.3) is 11.3 Å². The Bertz CT molecular complexity index is 1410. The van der Waals surface area contributed by atoms with Crippen molar-refractivity contribution in [3.8, 4) is 28.5 Å². The van der Waals surface area contributed by atoms with E-state index >= 15 is 0 Å². The number of nitrogens with zero attached hydrogens (tertiary/aromatic N) is 2. The molecule has 3 aromatic carbocycles. The summed E-state index contributed by atoms with van der Waals surface area (Å²) in [6.07, 6.45) is 0.168. The highest BCUT2D eigenvalue weighted by Gasteiger charge is 2.28. The van der Waals surface area contributed by atoms with E-state index in [1.54, 1.807) is 44.2 Å². The number of carbonyl (C=O) groups is 2. The lowest BCUT2D eigenvalue weighted by Crippen LogP contribution is -2.45. The topological polar surface area (TPSA) is 90.0 Å². The van der Waals surface area contributed by atoms with Crippen molar-refractivity contribution in [1.82, 2.24) is 9.88 Å². The lowest BCUT2D eigenvalue weighted by atomic mass is 10.1. The first-order valence-corrected chi connectivity index (χ1v) is 13.2. The van der Waals surface area contributed by atoms with Gasteiger partial charge < -0.3 is 24.4 Å². The summed E-state index contributed by atoms with van der Waals surface area (Å²) < 4.78 is 15.9. The van der Waals surface area contributed by atoms with Crippen molar-refractivity contribution in [2.24, 2.45) is 0 Å². The Balaban J connectivity index is 1.56. The number of carbonyl (C=O) groups excluding carboxylic acids is 2. The molecule has 1 heterocycles. The molecule has 0 bridgehead atoms.